The van der Waals surface area contributed by atoms with Gasteiger partial charge in [0.1, 0.15) is 30.6 Å². The van der Waals surface area contributed by atoms with Gasteiger partial charge in [0.25, 0.3) is 17.7 Å². The Balaban J connectivity index is 0.921. The van der Waals surface area contributed by atoms with Crippen LogP contribution in [0.4, 0.5) is 25.8 Å². The Labute approximate surface area is 512 Å². The van der Waals surface area contributed by atoms with Crippen LogP contribution < -0.4 is 52.0 Å². The number of nitrogens with two attached hydrogens (primary N) is 1. The summed E-state index contributed by atoms with van der Waals surface area (Å²) < 4.78 is 28.6. The van der Waals surface area contributed by atoms with Crippen molar-refractivity contribution >= 4 is 104 Å². The van der Waals surface area contributed by atoms with Crippen molar-refractivity contribution in [1.82, 2.24) is 46.3 Å². The topological polar surface area (TPSA) is 348 Å². The molecule has 10 amide bonds. The number of imide groups is 1. The zero-order chi connectivity index (χ0) is 63.8. The molecule has 7 rings (SSSR count). The third kappa shape index (κ3) is 16.9. The number of furan rings is 1. The highest BCUT2D eigenvalue weighted by Crippen LogP contribution is 2.48. The molecule has 2 aliphatic rings. The minimum atomic E-state index is -1.04. The quantitative estimate of drug-likeness (QED) is 0.0135. The Bertz CT molecular complexity index is 3420. The molecule has 0 bridgehead atoms. The Kier molecular flexibility index (Phi) is 23.3. The molecule has 27 nitrogen and oxygen atoms in total. The summed E-state index contributed by atoms with van der Waals surface area (Å²) in [7, 11) is 6.04. The number of hydrogen-bond acceptors (Lipinski definition) is 17. The second-order valence-corrected chi connectivity index (χ2v) is 21.7. The van der Waals surface area contributed by atoms with E-state index >= 15 is 0 Å². The van der Waals surface area contributed by atoms with E-state index in [1.165, 1.54) is 48.1 Å². The first-order valence-corrected chi connectivity index (χ1v) is 29.2. The van der Waals surface area contributed by atoms with Gasteiger partial charge < -0.3 is 80.7 Å². The Morgan fingerprint density at radius 3 is 2.26 bits per heavy atom. The number of urea groups is 1. The Morgan fingerprint density at radius 2 is 1.59 bits per heavy atom. The fourth-order valence-electron chi connectivity index (χ4n) is 9.97. The number of carbonyl (C=O) groups is 10. The van der Waals surface area contributed by atoms with Gasteiger partial charge in [-0.2, -0.15) is 0 Å². The van der Waals surface area contributed by atoms with Crippen LogP contribution in [0.3, 0.4) is 0 Å². The highest BCUT2D eigenvalue weighted by molar-refractivity contribution is 6.20. The minimum Gasteiger partial charge on any atom is -0.492 e. The molecule has 9 N–H and O–H groups in total. The van der Waals surface area contributed by atoms with Crippen LogP contribution in [0.15, 0.2) is 71.2 Å². The van der Waals surface area contributed by atoms with Crippen LogP contribution in [0.5, 0.6) is 11.5 Å². The van der Waals surface area contributed by atoms with Gasteiger partial charge in [-0.15, -0.1) is 11.6 Å². The molecule has 0 saturated heterocycles. The van der Waals surface area contributed by atoms with Crippen LogP contribution in [0.25, 0.3) is 21.9 Å². The van der Waals surface area contributed by atoms with Crippen molar-refractivity contribution in [3.05, 3.63) is 94.9 Å². The number of anilines is 2. The molecular formula is C60H75ClN12O15. The first-order valence-electron chi connectivity index (χ1n) is 28.7. The van der Waals surface area contributed by atoms with Gasteiger partial charge in [0.05, 0.1) is 29.9 Å². The third-order valence-electron chi connectivity index (χ3n) is 14.7. The van der Waals surface area contributed by atoms with Gasteiger partial charge >= 0.3 is 24.2 Å². The summed E-state index contributed by atoms with van der Waals surface area (Å²) in [6.07, 6.45) is 1.63. The van der Waals surface area contributed by atoms with Crippen molar-refractivity contribution in [3.63, 3.8) is 0 Å². The van der Waals surface area contributed by atoms with Crippen molar-refractivity contribution in [3.8, 4) is 11.5 Å². The summed E-state index contributed by atoms with van der Waals surface area (Å²) in [4.78, 5) is 138. The fraction of sp³-hybridized carbons (Fsp3) is 0.433. The molecule has 3 aromatic carbocycles. The molecular weight excluding hydrogens is 1160 g/mol. The van der Waals surface area contributed by atoms with Crippen LogP contribution in [-0.4, -0.2) is 184 Å². The van der Waals surface area contributed by atoms with Gasteiger partial charge in [-0.1, -0.05) is 26.0 Å². The minimum absolute atomic E-state index is 0.00708. The van der Waals surface area contributed by atoms with Gasteiger partial charge in [-0.25, -0.2) is 19.2 Å². The number of rotatable bonds is 30. The van der Waals surface area contributed by atoms with Gasteiger partial charge in [0, 0.05) is 125 Å². The van der Waals surface area contributed by atoms with Crippen molar-refractivity contribution in [2.45, 2.75) is 71.1 Å². The molecule has 4 heterocycles. The van der Waals surface area contributed by atoms with E-state index < -0.39 is 71.7 Å². The second kappa shape index (κ2) is 30.9. The summed E-state index contributed by atoms with van der Waals surface area (Å²) in [5.74, 6) is -3.26. The van der Waals surface area contributed by atoms with Crippen molar-refractivity contribution in [1.29, 1.82) is 0 Å². The van der Waals surface area contributed by atoms with Crippen LogP contribution in [0, 0.1) is 12.8 Å². The normalized spacial score (nSPS) is 14.2. The summed E-state index contributed by atoms with van der Waals surface area (Å²) in [6.45, 7) is 7.01. The smallest absolute Gasteiger partial charge is 0.415 e. The second-order valence-electron chi connectivity index (χ2n) is 21.4. The lowest BCUT2D eigenvalue weighted by atomic mass is 9.95. The summed E-state index contributed by atoms with van der Waals surface area (Å²) in [6, 6.07) is 12.3. The van der Waals surface area contributed by atoms with E-state index in [2.05, 4.69) is 36.9 Å². The average Bonchev–Trinajstić information content (AvgIpc) is 1.61. The van der Waals surface area contributed by atoms with E-state index in [-0.39, 0.29) is 113 Å². The highest BCUT2D eigenvalue weighted by Gasteiger charge is 2.39. The number of H-pyrrole nitrogens is 1. The zero-order valence-corrected chi connectivity index (χ0v) is 50.9. The molecule has 3 atom stereocenters. The number of nitrogens with zero attached hydrogens (tertiary/aromatic N) is 4. The molecule has 1 unspecified atom stereocenters. The number of alkyl halides is 1. The maximum atomic E-state index is 14.4. The number of hydrogen-bond donors (Lipinski definition) is 8. The number of nitrogens with one attached hydrogen (secondary N) is 7. The molecule has 2 aromatic heterocycles. The lowest BCUT2D eigenvalue weighted by molar-refractivity contribution is -0.137. The molecule has 0 radical (unpaired) electrons. The number of aryl methyl sites for hydroxylation is 1. The van der Waals surface area contributed by atoms with Crippen molar-refractivity contribution < 1.29 is 71.3 Å². The fourth-order valence-corrected chi connectivity index (χ4v) is 10.2. The number of methoxy groups -OCH3 is 1. The number of primary amides is 1. The molecule has 28 heteroatoms. The third-order valence-corrected chi connectivity index (χ3v) is 15.1. The molecule has 0 spiro atoms. The van der Waals surface area contributed by atoms with Crippen molar-refractivity contribution in [2.24, 2.45) is 11.7 Å². The van der Waals surface area contributed by atoms with Gasteiger partial charge in [-0.3, -0.25) is 33.7 Å². The zero-order valence-electron chi connectivity index (χ0n) is 50.1. The number of fused-ring (bicyclic) bond motifs is 4. The number of carbonyl (C=O) groups excluding carboxylic acids is 10. The van der Waals surface area contributed by atoms with Crippen LogP contribution in [-0.2, 0) is 40.1 Å². The number of halogens is 1. The van der Waals surface area contributed by atoms with Crippen LogP contribution in [0.2, 0.25) is 0 Å². The number of amides is 10. The lowest BCUT2D eigenvalue weighted by Gasteiger charge is -2.25. The molecule has 0 aliphatic carbocycles. The maximum absolute atomic E-state index is 14.4. The first kappa shape index (κ1) is 66.3. The molecule has 5 aromatic rings. The van der Waals surface area contributed by atoms with Gasteiger partial charge in [0.2, 0.25) is 17.7 Å². The Hall–Kier alpha value is -9.21. The summed E-state index contributed by atoms with van der Waals surface area (Å²) >= 11 is 6.58. The molecule has 0 fully saturated rings. The number of likely N-dealkylation sites (N-methyl/N-ethyl adjacent to an activating group) is 3. The monoisotopic (exact) mass is 1240 g/mol. The highest BCUT2D eigenvalue weighted by atomic mass is 35.5. The van der Waals surface area contributed by atoms with Crippen LogP contribution >= 0.6 is 11.6 Å². The number of aromatic nitrogens is 1. The van der Waals surface area contributed by atoms with E-state index in [0.29, 0.717) is 69.0 Å². The van der Waals surface area contributed by atoms with E-state index in [1.807, 2.05) is 20.9 Å². The molecule has 0 saturated carbocycles. The maximum Gasteiger partial charge on any atom is 0.415 e. The molecule has 2 aliphatic heterocycles. The SMILES string of the molecule is CNCCOc1ccc2oc(C(=O)N3C[C@@H](CCl)c4c3cc(OC(=O)N(C)CCN(C)C(=O)OCc3ccc(NC(=O)C(CCCNC(N)=O)NC(=O)[C@@H](NCCNC(=O)CCCN5C(=O)C=CC5=O)C(C)C)cc3)c3[nH]c(C)c(C(=O)OC)c43)cc2c1. The predicted octanol–water partition coefficient (Wildman–Crippen LogP) is 4.60. The van der Waals surface area contributed by atoms with Crippen molar-refractivity contribution in [2.75, 3.05) is 103 Å². The number of benzene rings is 3. The molecule has 472 valence electrons. The first-order chi connectivity index (χ1) is 42.1. The van der Waals surface area contributed by atoms with Gasteiger partial charge in [0.15, 0.2) is 11.5 Å². The summed E-state index contributed by atoms with van der Waals surface area (Å²) in [5.41, 5.74) is 8.48. The number of esters is 1. The van der Waals surface area contributed by atoms with E-state index in [4.69, 9.17) is 40.7 Å². The van der Waals surface area contributed by atoms with E-state index in [9.17, 15) is 47.9 Å². The lowest BCUT2D eigenvalue weighted by Crippen LogP contribution is -2.54. The Morgan fingerprint density at radius 1 is 0.875 bits per heavy atom. The predicted molar refractivity (Wildman–Crippen MR) is 325 cm³/mol. The van der Waals surface area contributed by atoms with E-state index in [1.54, 1.807) is 61.5 Å². The number of ether oxygens (including phenoxy) is 4. The van der Waals surface area contributed by atoms with Crippen LogP contribution in [0.1, 0.15) is 83.2 Å². The standard InChI is InChI=1S/C60H75ClN12O15/c1-34(2)52(65-22-21-64-46(74)11-9-24-72-47(75)18-19-48(72)76)55(78)69-41(10-8-20-66-58(62)81)54(77)68-39-14-12-36(13-15-39)33-86-59(82)70(5)25-26-71(6)60(83)88-44-30-42-50(51-49(57(80)84-7)35(3)67-53(44)51)38(31-61)32-73(42)56(79)45-29-37-28-40(85-27-23-63-4)16-17-43(37)87-45/h12-19,28-30,34,38,41,52,63,65,67H,8-11,20-27,31-33H2,1-7H3,(H,64,74)(H,68,77)(H,69,78)(H3,62,66,81)/t38-,41?,52+/m1/s1. The number of aromatic amines is 1. The average molecular weight is 1240 g/mol. The van der Waals surface area contributed by atoms with Gasteiger partial charge in [-0.05, 0) is 86.7 Å². The summed E-state index contributed by atoms with van der Waals surface area (Å²) in [5, 5.41) is 18.0. The molecule has 88 heavy (non-hydrogen) atoms. The van der Waals surface area contributed by atoms with E-state index in [0.717, 1.165) is 4.90 Å². The largest absolute Gasteiger partial charge is 0.492 e.